The largest absolute Gasteiger partial charge is 0.334 e. The molecule has 0 spiro atoms. The Morgan fingerprint density at radius 2 is 1.86 bits per heavy atom. The van der Waals surface area contributed by atoms with E-state index in [1.807, 2.05) is 13.0 Å². The van der Waals surface area contributed by atoms with Crippen molar-refractivity contribution in [3.8, 4) is 0 Å². The molecule has 8 heteroatoms. The number of sulfonamides is 1. The van der Waals surface area contributed by atoms with Crippen LogP contribution in [0.25, 0.3) is 0 Å². The second-order valence-electron chi connectivity index (χ2n) is 7.19. The molecule has 2 aromatic rings. The molecule has 156 valence electrons. The molecule has 1 aliphatic carbocycles. The van der Waals surface area contributed by atoms with E-state index in [1.165, 1.54) is 6.42 Å². The molecule has 0 radical (unpaired) electrons. The monoisotopic (exact) mass is 416 g/mol. The minimum atomic E-state index is -3.54. The number of amides is 2. The molecule has 2 N–H and O–H groups in total. The van der Waals surface area contributed by atoms with Crippen LogP contribution in [-0.4, -0.2) is 36.3 Å². The topological polar surface area (TPSA) is 91.4 Å². The summed E-state index contributed by atoms with van der Waals surface area (Å²) in [6.45, 7) is 2.71. The van der Waals surface area contributed by atoms with Crippen molar-refractivity contribution in [2.24, 2.45) is 0 Å². The average Bonchev–Trinajstić information content (AvgIpc) is 2.74. The van der Waals surface area contributed by atoms with Gasteiger partial charge in [-0.25, -0.2) is 13.2 Å². The number of urea groups is 1. The molecule has 3 rings (SSSR count). The van der Waals surface area contributed by atoms with E-state index in [1.54, 1.807) is 47.0 Å². The van der Waals surface area contributed by atoms with E-state index in [-0.39, 0.29) is 17.0 Å². The molecule has 2 amide bonds. The Hall–Kier alpha value is -2.45. The van der Waals surface area contributed by atoms with Crippen molar-refractivity contribution in [1.82, 2.24) is 14.6 Å². The highest BCUT2D eigenvalue weighted by Gasteiger charge is 2.30. The Kier molecular flexibility index (Phi) is 7.22. The zero-order chi connectivity index (χ0) is 20.7. The maximum atomic E-state index is 13.1. The predicted octanol–water partition coefficient (Wildman–Crippen LogP) is 3.75. The number of nitrogens with one attached hydrogen (secondary N) is 2. The summed E-state index contributed by atoms with van der Waals surface area (Å²) < 4.78 is 27.8. The lowest BCUT2D eigenvalue weighted by molar-refractivity contribution is 0.251. The molecule has 0 aliphatic heterocycles. The molecule has 0 atom stereocenters. The van der Waals surface area contributed by atoms with Gasteiger partial charge in [-0.15, -0.1) is 0 Å². The van der Waals surface area contributed by atoms with Crippen LogP contribution in [0.3, 0.4) is 0 Å². The maximum absolute atomic E-state index is 13.1. The van der Waals surface area contributed by atoms with Crippen molar-refractivity contribution in [3.05, 3.63) is 54.4 Å². The minimum absolute atomic E-state index is 0.0785. The zero-order valence-corrected chi connectivity index (χ0v) is 17.5. The van der Waals surface area contributed by atoms with Gasteiger partial charge in [0, 0.05) is 37.2 Å². The third-order valence-corrected chi connectivity index (χ3v) is 7.23. The second kappa shape index (κ2) is 9.84. The lowest BCUT2D eigenvalue weighted by atomic mass is 9.95. The van der Waals surface area contributed by atoms with Crippen molar-refractivity contribution in [3.63, 3.8) is 0 Å². The van der Waals surface area contributed by atoms with Gasteiger partial charge in [-0.2, -0.15) is 4.31 Å². The number of pyridine rings is 1. The molecule has 0 unspecified atom stereocenters. The van der Waals surface area contributed by atoms with Gasteiger partial charge in [0.1, 0.15) is 0 Å². The van der Waals surface area contributed by atoms with E-state index in [9.17, 15) is 13.2 Å². The van der Waals surface area contributed by atoms with E-state index in [2.05, 4.69) is 15.6 Å². The van der Waals surface area contributed by atoms with Crippen molar-refractivity contribution in [2.45, 2.75) is 56.5 Å². The standard InChI is InChI=1S/C21H28N4O3S/c1-2-25(19-8-4-3-5-9-19)29(27,28)20-12-10-18(11-13-20)24-21(26)23-16-17-7-6-14-22-15-17/h6-7,10-15,19H,2-5,8-9,16H2,1H3,(H2,23,24,26). The number of carbonyl (C=O) groups is 1. The molecular weight excluding hydrogens is 388 g/mol. The average molecular weight is 417 g/mol. The number of nitrogens with zero attached hydrogens (tertiary/aromatic N) is 2. The first-order valence-corrected chi connectivity index (χ1v) is 11.5. The smallest absolute Gasteiger partial charge is 0.319 e. The molecule has 0 saturated heterocycles. The van der Waals surface area contributed by atoms with Crippen LogP contribution in [0.4, 0.5) is 10.5 Å². The second-order valence-corrected chi connectivity index (χ2v) is 9.08. The fourth-order valence-electron chi connectivity index (χ4n) is 3.70. The van der Waals surface area contributed by atoms with Gasteiger partial charge < -0.3 is 10.6 Å². The molecule has 1 aliphatic rings. The Labute approximate surface area is 172 Å². The molecule has 7 nitrogen and oxygen atoms in total. The molecule has 1 aromatic heterocycles. The van der Waals surface area contributed by atoms with Gasteiger partial charge in [0.15, 0.2) is 0 Å². The van der Waals surface area contributed by atoms with Crippen molar-refractivity contribution >= 4 is 21.7 Å². The molecule has 1 saturated carbocycles. The van der Waals surface area contributed by atoms with Crippen LogP contribution < -0.4 is 10.6 Å². The summed E-state index contributed by atoms with van der Waals surface area (Å²) in [6, 6.07) is 9.74. The Bertz CT molecular complexity index is 895. The number of anilines is 1. The lowest BCUT2D eigenvalue weighted by Gasteiger charge is -2.32. The Morgan fingerprint density at radius 1 is 1.14 bits per heavy atom. The highest BCUT2D eigenvalue weighted by Crippen LogP contribution is 2.28. The van der Waals surface area contributed by atoms with E-state index >= 15 is 0 Å². The number of hydrogen-bond donors (Lipinski definition) is 2. The quantitative estimate of drug-likeness (QED) is 0.719. The third kappa shape index (κ3) is 5.55. The fourth-order valence-corrected chi connectivity index (χ4v) is 5.39. The van der Waals surface area contributed by atoms with E-state index in [0.717, 1.165) is 31.2 Å². The first-order chi connectivity index (χ1) is 14.0. The highest BCUT2D eigenvalue weighted by atomic mass is 32.2. The van der Waals surface area contributed by atoms with Gasteiger partial charge in [-0.3, -0.25) is 4.98 Å². The van der Waals surface area contributed by atoms with E-state index < -0.39 is 10.0 Å². The van der Waals surface area contributed by atoms with Crippen LogP contribution in [0.1, 0.15) is 44.6 Å². The summed E-state index contributed by atoms with van der Waals surface area (Å²) in [5, 5.41) is 5.46. The molecule has 1 fully saturated rings. The first kappa shape index (κ1) is 21.3. The van der Waals surface area contributed by atoms with Crippen LogP contribution in [0, 0.1) is 0 Å². The number of aromatic nitrogens is 1. The zero-order valence-electron chi connectivity index (χ0n) is 16.7. The predicted molar refractivity (Wildman–Crippen MR) is 113 cm³/mol. The Morgan fingerprint density at radius 3 is 2.48 bits per heavy atom. The van der Waals surface area contributed by atoms with Gasteiger partial charge in [0.25, 0.3) is 0 Å². The number of hydrogen-bond acceptors (Lipinski definition) is 4. The van der Waals surface area contributed by atoms with Crippen molar-refractivity contribution in [2.75, 3.05) is 11.9 Å². The van der Waals surface area contributed by atoms with Gasteiger partial charge >= 0.3 is 6.03 Å². The summed E-state index contributed by atoms with van der Waals surface area (Å²) in [4.78, 5) is 16.3. The van der Waals surface area contributed by atoms with Crippen LogP contribution in [0.5, 0.6) is 0 Å². The summed E-state index contributed by atoms with van der Waals surface area (Å²) in [5.41, 5.74) is 1.43. The summed E-state index contributed by atoms with van der Waals surface area (Å²) in [6.07, 6.45) is 8.53. The fraction of sp³-hybridized carbons (Fsp3) is 0.429. The molecule has 1 heterocycles. The first-order valence-electron chi connectivity index (χ1n) is 10.1. The molecule has 29 heavy (non-hydrogen) atoms. The number of benzene rings is 1. The molecule has 0 bridgehead atoms. The molecular formula is C21H28N4O3S. The van der Waals surface area contributed by atoms with E-state index in [0.29, 0.717) is 18.8 Å². The number of rotatable bonds is 7. The van der Waals surface area contributed by atoms with Gasteiger partial charge in [-0.05, 0) is 48.7 Å². The van der Waals surface area contributed by atoms with Gasteiger partial charge in [0.05, 0.1) is 4.90 Å². The van der Waals surface area contributed by atoms with Crippen molar-refractivity contribution < 1.29 is 13.2 Å². The van der Waals surface area contributed by atoms with Crippen LogP contribution in [0.2, 0.25) is 0 Å². The summed E-state index contributed by atoms with van der Waals surface area (Å²) in [7, 11) is -3.54. The van der Waals surface area contributed by atoms with Gasteiger partial charge in [-0.1, -0.05) is 32.3 Å². The summed E-state index contributed by atoms with van der Waals surface area (Å²) >= 11 is 0. The highest BCUT2D eigenvalue weighted by molar-refractivity contribution is 7.89. The molecule has 1 aromatic carbocycles. The Balaban J connectivity index is 1.61. The summed E-state index contributed by atoms with van der Waals surface area (Å²) in [5.74, 6) is 0. The van der Waals surface area contributed by atoms with Gasteiger partial charge in [0.2, 0.25) is 10.0 Å². The third-order valence-electron chi connectivity index (χ3n) is 5.19. The normalized spacial score (nSPS) is 15.2. The van der Waals surface area contributed by atoms with E-state index in [4.69, 9.17) is 0 Å². The van der Waals surface area contributed by atoms with Crippen LogP contribution in [-0.2, 0) is 16.6 Å². The van der Waals surface area contributed by atoms with Crippen LogP contribution in [0.15, 0.2) is 53.7 Å². The maximum Gasteiger partial charge on any atom is 0.319 e. The number of carbonyl (C=O) groups excluding carboxylic acids is 1. The minimum Gasteiger partial charge on any atom is -0.334 e. The lowest BCUT2D eigenvalue weighted by Crippen LogP contribution is -2.41. The van der Waals surface area contributed by atoms with Crippen LogP contribution >= 0.6 is 0 Å². The van der Waals surface area contributed by atoms with Crippen molar-refractivity contribution in [1.29, 1.82) is 0 Å². The SMILES string of the molecule is CCN(C1CCCCC1)S(=O)(=O)c1ccc(NC(=O)NCc2cccnc2)cc1.